The Morgan fingerprint density at radius 1 is 1.28 bits per heavy atom. The molecule has 6 nitrogen and oxygen atoms in total. The molecule has 142 valence electrons. The van der Waals surface area contributed by atoms with Gasteiger partial charge in [0.15, 0.2) is 5.96 Å². The molecule has 7 heteroatoms. The van der Waals surface area contributed by atoms with Gasteiger partial charge in [0.25, 0.3) is 0 Å². The van der Waals surface area contributed by atoms with E-state index in [-0.39, 0.29) is 24.0 Å². The van der Waals surface area contributed by atoms with Crippen molar-refractivity contribution in [2.75, 3.05) is 33.2 Å². The highest BCUT2D eigenvalue weighted by Gasteiger charge is 2.34. The Morgan fingerprint density at radius 3 is 2.72 bits per heavy atom. The topological polar surface area (TPSA) is 57.5 Å². The van der Waals surface area contributed by atoms with Gasteiger partial charge in [0.05, 0.1) is 5.69 Å². The lowest BCUT2D eigenvalue weighted by Crippen LogP contribution is -2.40. The monoisotopic (exact) mass is 460 g/mol. The molecule has 0 bridgehead atoms. The highest BCUT2D eigenvalue weighted by Crippen LogP contribution is 2.31. The molecule has 1 saturated heterocycles. The van der Waals surface area contributed by atoms with E-state index < -0.39 is 0 Å². The zero-order chi connectivity index (χ0) is 16.9. The summed E-state index contributed by atoms with van der Waals surface area (Å²) < 4.78 is 2.08. The average Bonchev–Trinajstić information content (AvgIpc) is 3.22. The Morgan fingerprint density at radius 2 is 2.08 bits per heavy atom. The summed E-state index contributed by atoms with van der Waals surface area (Å²) in [4.78, 5) is 7.00. The third-order valence-corrected chi connectivity index (χ3v) is 5.10. The van der Waals surface area contributed by atoms with E-state index in [4.69, 9.17) is 0 Å². The molecule has 1 aliphatic carbocycles. The van der Waals surface area contributed by atoms with E-state index in [2.05, 4.69) is 43.3 Å². The van der Waals surface area contributed by atoms with Crippen molar-refractivity contribution >= 4 is 29.9 Å². The van der Waals surface area contributed by atoms with Crippen molar-refractivity contribution in [3.05, 3.63) is 17.5 Å². The number of aryl methyl sites for hydroxylation is 3. The molecule has 0 radical (unpaired) electrons. The summed E-state index contributed by atoms with van der Waals surface area (Å²) in [6.07, 6.45) is 5.19. The molecule has 1 unspecified atom stereocenters. The molecular weight excluding hydrogens is 427 g/mol. The summed E-state index contributed by atoms with van der Waals surface area (Å²) in [5.74, 6) is 1.69. The van der Waals surface area contributed by atoms with E-state index in [1.807, 2.05) is 14.0 Å². The second kappa shape index (κ2) is 9.75. The van der Waals surface area contributed by atoms with Gasteiger partial charge in [-0.15, -0.1) is 24.0 Å². The van der Waals surface area contributed by atoms with Gasteiger partial charge < -0.3 is 15.5 Å². The van der Waals surface area contributed by atoms with E-state index in [0.29, 0.717) is 0 Å². The van der Waals surface area contributed by atoms with Gasteiger partial charge >= 0.3 is 0 Å². The molecule has 1 saturated carbocycles. The van der Waals surface area contributed by atoms with Crippen LogP contribution in [-0.4, -0.2) is 59.9 Å². The number of aliphatic imine (C=N–C) groups is 1. The Bertz CT molecular complexity index is 566. The van der Waals surface area contributed by atoms with Crippen LogP contribution in [0.15, 0.2) is 11.1 Å². The molecule has 25 heavy (non-hydrogen) atoms. The van der Waals surface area contributed by atoms with Gasteiger partial charge in [-0.1, -0.05) is 0 Å². The summed E-state index contributed by atoms with van der Waals surface area (Å²) in [5, 5.41) is 11.4. The predicted molar refractivity (Wildman–Crippen MR) is 114 cm³/mol. The summed E-state index contributed by atoms with van der Waals surface area (Å²) in [5.41, 5.74) is 2.33. The van der Waals surface area contributed by atoms with E-state index in [9.17, 15) is 0 Å². The number of nitrogens with one attached hydrogen (secondary N) is 2. The lowest BCUT2D eigenvalue weighted by Gasteiger charge is -2.17. The first-order valence-corrected chi connectivity index (χ1v) is 9.35. The van der Waals surface area contributed by atoms with Crippen molar-refractivity contribution in [2.24, 2.45) is 10.9 Å². The number of guanidine groups is 1. The first kappa shape index (κ1) is 20.5. The molecule has 3 rings (SSSR count). The quantitative estimate of drug-likeness (QED) is 0.284. The van der Waals surface area contributed by atoms with E-state index in [1.54, 1.807) is 0 Å². The number of hydrogen-bond acceptors (Lipinski definition) is 3. The van der Waals surface area contributed by atoms with Crippen molar-refractivity contribution < 1.29 is 0 Å². The van der Waals surface area contributed by atoms with Crippen LogP contribution >= 0.6 is 24.0 Å². The molecule has 1 aliphatic heterocycles. The van der Waals surface area contributed by atoms with Gasteiger partial charge in [-0.05, 0) is 58.1 Å². The summed E-state index contributed by atoms with van der Waals surface area (Å²) in [6, 6.07) is 3.03. The van der Waals surface area contributed by atoms with Gasteiger partial charge in [-0.2, -0.15) is 5.10 Å². The zero-order valence-corrected chi connectivity index (χ0v) is 18.1. The Hall–Kier alpha value is -0.830. The smallest absolute Gasteiger partial charge is 0.190 e. The number of halogens is 1. The summed E-state index contributed by atoms with van der Waals surface area (Å²) in [6.45, 7) is 9.58. The normalized spacial score (nSPS) is 21.2. The minimum atomic E-state index is 0. The maximum absolute atomic E-state index is 4.50. The second-order valence-corrected chi connectivity index (χ2v) is 7.26. The van der Waals surface area contributed by atoms with Gasteiger partial charge in [0.2, 0.25) is 0 Å². The molecule has 2 aliphatic rings. The third kappa shape index (κ3) is 6.13. The Labute approximate surface area is 168 Å². The molecule has 2 N–H and O–H groups in total. The van der Waals surface area contributed by atoms with E-state index in [0.717, 1.165) is 49.7 Å². The molecular formula is C18H33IN6. The molecule has 1 aromatic heterocycles. The predicted octanol–water partition coefficient (Wildman–Crippen LogP) is 2.16. The molecule has 2 fully saturated rings. The minimum absolute atomic E-state index is 0. The SMILES string of the molecule is CN=C(NCCCn1nc(C)cc1C)NCC1CCN(C2CC2)C1.I. The van der Waals surface area contributed by atoms with Crippen molar-refractivity contribution in [2.45, 2.75) is 52.1 Å². The van der Waals surface area contributed by atoms with Crippen LogP contribution in [0.4, 0.5) is 0 Å². The van der Waals surface area contributed by atoms with Gasteiger partial charge in [-0.3, -0.25) is 9.67 Å². The van der Waals surface area contributed by atoms with Crippen molar-refractivity contribution in [3.63, 3.8) is 0 Å². The Balaban J connectivity index is 0.00000225. The fraction of sp³-hybridized carbons (Fsp3) is 0.778. The maximum Gasteiger partial charge on any atom is 0.190 e. The Kier molecular flexibility index (Phi) is 7.99. The van der Waals surface area contributed by atoms with Crippen LogP contribution in [0.25, 0.3) is 0 Å². The molecule has 0 amide bonds. The van der Waals surface area contributed by atoms with Crippen LogP contribution in [0.3, 0.4) is 0 Å². The largest absolute Gasteiger partial charge is 0.356 e. The highest BCUT2D eigenvalue weighted by molar-refractivity contribution is 14.0. The van der Waals surface area contributed by atoms with Crippen LogP contribution in [0.2, 0.25) is 0 Å². The molecule has 0 aromatic carbocycles. The number of nitrogens with zero attached hydrogens (tertiary/aromatic N) is 4. The van der Waals surface area contributed by atoms with E-state index in [1.165, 1.54) is 38.0 Å². The third-order valence-electron chi connectivity index (χ3n) is 5.10. The zero-order valence-electron chi connectivity index (χ0n) is 15.8. The number of likely N-dealkylation sites (tertiary alicyclic amines) is 1. The summed E-state index contributed by atoms with van der Waals surface area (Å²) in [7, 11) is 1.85. The van der Waals surface area contributed by atoms with Crippen LogP contribution in [-0.2, 0) is 6.54 Å². The van der Waals surface area contributed by atoms with Crippen molar-refractivity contribution in [1.82, 2.24) is 25.3 Å². The standard InChI is InChI=1S/C18H32N6.HI/c1-14-11-15(2)24(22-14)9-4-8-20-18(19-3)21-12-16-7-10-23(13-16)17-5-6-17;/h11,16-17H,4-10,12-13H2,1-3H3,(H2,19,20,21);1H. The number of aromatic nitrogens is 2. The van der Waals surface area contributed by atoms with Crippen LogP contribution in [0, 0.1) is 19.8 Å². The van der Waals surface area contributed by atoms with Crippen LogP contribution < -0.4 is 10.6 Å². The number of hydrogen-bond donors (Lipinski definition) is 2. The van der Waals surface area contributed by atoms with Gasteiger partial charge in [0.1, 0.15) is 0 Å². The van der Waals surface area contributed by atoms with Gasteiger partial charge in [0, 0.05) is 45.0 Å². The van der Waals surface area contributed by atoms with Crippen LogP contribution in [0.5, 0.6) is 0 Å². The fourth-order valence-electron chi connectivity index (χ4n) is 3.60. The highest BCUT2D eigenvalue weighted by atomic mass is 127. The lowest BCUT2D eigenvalue weighted by molar-refractivity contribution is 0.314. The first-order chi connectivity index (χ1) is 11.7. The molecule has 1 aromatic rings. The second-order valence-electron chi connectivity index (χ2n) is 7.26. The van der Waals surface area contributed by atoms with Crippen LogP contribution in [0.1, 0.15) is 37.1 Å². The molecule has 1 atom stereocenters. The van der Waals surface area contributed by atoms with Gasteiger partial charge in [-0.25, -0.2) is 0 Å². The van der Waals surface area contributed by atoms with E-state index >= 15 is 0 Å². The van der Waals surface area contributed by atoms with Crippen molar-refractivity contribution in [1.29, 1.82) is 0 Å². The first-order valence-electron chi connectivity index (χ1n) is 9.35. The fourth-order valence-corrected chi connectivity index (χ4v) is 3.60. The lowest BCUT2D eigenvalue weighted by atomic mass is 10.1. The minimum Gasteiger partial charge on any atom is -0.356 e. The average molecular weight is 460 g/mol. The molecule has 0 spiro atoms. The number of rotatable bonds is 7. The summed E-state index contributed by atoms with van der Waals surface area (Å²) >= 11 is 0. The molecule has 2 heterocycles. The maximum atomic E-state index is 4.50. The van der Waals surface area contributed by atoms with Crippen molar-refractivity contribution in [3.8, 4) is 0 Å².